The third-order valence-electron chi connectivity index (χ3n) is 1.73. The van der Waals surface area contributed by atoms with Crippen LogP contribution in [0.2, 0.25) is 0 Å². The predicted octanol–water partition coefficient (Wildman–Crippen LogP) is 1.80. The minimum absolute atomic E-state index is 0.0960. The van der Waals surface area contributed by atoms with Crippen LogP contribution in [-0.2, 0) is 0 Å². The second-order valence-corrected chi connectivity index (χ2v) is 2.57. The first-order valence-corrected chi connectivity index (χ1v) is 3.58. The fourth-order valence-electron chi connectivity index (χ4n) is 1.12. The lowest BCUT2D eigenvalue weighted by Gasteiger charge is -1.92. The average Bonchev–Trinajstić information content (AvgIpc) is 2.55. The standard InChI is InChI=1S/C8H3F2NO3/c9-3-1-2-4-5(6(3)10)7(8(12)13)11-14-4/h1-2H,(H,12,13). The summed E-state index contributed by atoms with van der Waals surface area (Å²) in [6.07, 6.45) is 0. The van der Waals surface area contributed by atoms with Crippen LogP contribution in [0.25, 0.3) is 11.0 Å². The van der Waals surface area contributed by atoms with Gasteiger partial charge in [0.15, 0.2) is 17.2 Å². The molecule has 72 valence electrons. The van der Waals surface area contributed by atoms with Gasteiger partial charge in [0, 0.05) is 0 Å². The molecule has 0 aliphatic carbocycles. The van der Waals surface area contributed by atoms with Crippen LogP contribution in [0.15, 0.2) is 16.7 Å². The number of benzene rings is 1. The number of hydrogen-bond donors (Lipinski definition) is 1. The normalized spacial score (nSPS) is 10.7. The van der Waals surface area contributed by atoms with Gasteiger partial charge in [0.2, 0.25) is 5.69 Å². The smallest absolute Gasteiger partial charge is 0.358 e. The van der Waals surface area contributed by atoms with Gasteiger partial charge in [-0.2, -0.15) is 0 Å². The van der Waals surface area contributed by atoms with Gasteiger partial charge in [0.05, 0.1) is 5.39 Å². The third kappa shape index (κ3) is 1.04. The summed E-state index contributed by atoms with van der Waals surface area (Å²) in [5, 5.41) is 11.2. The molecule has 0 fully saturated rings. The van der Waals surface area contributed by atoms with Crippen molar-refractivity contribution in [1.82, 2.24) is 5.16 Å². The largest absolute Gasteiger partial charge is 0.476 e. The lowest BCUT2D eigenvalue weighted by Crippen LogP contribution is -1.98. The Labute approximate surface area is 75.7 Å². The summed E-state index contributed by atoms with van der Waals surface area (Å²) >= 11 is 0. The van der Waals surface area contributed by atoms with Gasteiger partial charge in [0.25, 0.3) is 0 Å². The van der Waals surface area contributed by atoms with Crippen LogP contribution in [0.4, 0.5) is 8.78 Å². The number of halogens is 2. The van der Waals surface area contributed by atoms with Crippen LogP contribution in [-0.4, -0.2) is 16.2 Å². The Bertz CT molecular complexity index is 521. The van der Waals surface area contributed by atoms with Gasteiger partial charge in [-0.25, -0.2) is 13.6 Å². The molecule has 0 aliphatic heterocycles. The van der Waals surface area contributed by atoms with Gasteiger partial charge in [-0.1, -0.05) is 5.16 Å². The summed E-state index contributed by atoms with van der Waals surface area (Å²) in [6, 6.07) is 1.96. The second-order valence-electron chi connectivity index (χ2n) is 2.57. The van der Waals surface area contributed by atoms with E-state index in [1.165, 1.54) is 0 Å². The van der Waals surface area contributed by atoms with E-state index < -0.39 is 28.7 Å². The second kappa shape index (κ2) is 2.76. The number of rotatable bonds is 1. The molecule has 1 heterocycles. The van der Waals surface area contributed by atoms with Crippen molar-refractivity contribution in [2.75, 3.05) is 0 Å². The molecule has 2 aromatic rings. The average molecular weight is 199 g/mol. The van der Waals surface area contributed by atoms with E-state index in [0.717, 1.165) is 12.1 Å². The topological polar surface area (TPSA) is 63.3 Å². The third-order valence-corrected chi connectivity index (χ3v) is 1.73. The molecule has 4 nitrogen and oxygen atoms in total. The van der Waals surface area contributed by atoms with Crippen molar-refractivity contribution in [1.29, 1.82) is 0 Å². The number of nitrogens with zero attached hydrogens (tertiary/aromatic N) is 1. The summed E-state index contributed by atoms with van der Waals surface area (Å²) in [4.78, 5) is 10.5. The minimum atomic E-state index is -1.46. The maximum Gasteiger partial charge on any atom is 0.358 e. The fraction of sp³-hybridized carbons (Fsp3) is 0. The first-order chi connectivity index (χ1) is 6.61. The molecule has 0 amide bonds. The van der Waals surface area contributed by atoms with E-state index in [2.05, 4.69) is 9.68 Å². The molecule has 0 saturated carbocycles. The van der Waals surface area contributed by atoms with E-state index in [4.69, 9.17) is 5.11 Å². The first kappa shape index (κ1) is 8.61. The minimum Gasteiger partial charge on any atom is -0.476 e. The van der Waals surface area contributed by atoms with Crippen molar-refractivity contribution in [2.45, 2.75) is 0 Å². The molecule has 0 saturated heterocycles. The van der Waals surface area contributed by atoms with Gasteiger partial charge in [-0.15, -0.1) is 0 Å². The first-order valence-electron chi connectivity index (χ1n) is 3.58. The molecule has 1 aromatic carbocycles. The Kier molecular flexibility index (Phi) is 1.70. The van der Waals surface area contributed by atoms with Gasteiger partial charge in [-0.05, 0) is 12.1 Å². The number of carboxylic acids is 1. The molecule has 6 heteroatoms. The maximum absolute atomic E-state index is 13.1. The molecule has 0 aliphatic rings. The van der Waals surface area contributed by atoms with E-state index >= 15 is 0 Å². The Morgan fingerprint density at radius 3 is 2.79 bits per heavy atom. The lowest BCUT2D eigenvalue weighted by atomic mass is 10.2. The van der Waals surface area contributed by atoms with Gasteiger partial charge < -0.3 is 9.63 Å². The molecule has 2 rings (SSSR count). The van der Waals surface area contributed by atoms with Crippen molar-refractivity contribution < 1.29 is 23.2 Å². The van der Waals surface area contributed by atoms with E-state index in [1.807, 2.05) is 0 Å². The molecule has 1 aromatic heterocycles. The Balaban J connectivity index is 2.89. The Hall–Kier alpha value is -1.98. The molecule has 0 unspecified atom stereocenters. The monoisotopic (exact) mass is 199 g/mol. The summed E-state index contributed by atoms with van der Waals surface area (Å²) in [6.45, 7) is 0. The molecule has 14 heavy (non-hydrogen) atoms. The Morgan fingerprint density at radius 1 is 1.43 bits per heavy atom. The zero-order chi connectivity index (χ0) is 10.3. The summed E-state index contributed by atoms with van der Waals surface area (Å²) in [5.41, 5.74) is -0.724. The molecular weight excluding hydrogens is 196 g/mol. The number of fused-ring (bicyclic) bond motifs is 1. The van der Waals surface area contributed by atoms with Crippen LogP contribution in [0.3, 0.4) is 0 Å². The summed E-state index contributed by atoms with van der Waals surface area (Å²) in [7, 11) is 0. The van der Waals surface area contributed by atoms with Crippen molar-refractivity contribution in [2.24, 2.45) is 0 Å². The van der Waals surface area contributed by atoms with E-state index in [1.54, 1.807) is 0 Å². The van der Waals surface area contributed by atoms with Gasteiger partial charge in [-0.3, -0.25) is 0 Å². The molecular formula is C8H3F2NO3. The predicted molar refractivity (Wildman–Crippen MR) is 40.9 cm³/mol. The summed E-state index contributed by atoms with van der Waals surface area (Å²) in [5.74, 6) is -3.86. The molecule has 0 spiro atoms. The summed E-state index contributed by atoms with van der Waals surface area (Å²) < 4.78 is 30.4. The van der Waals surface area contributed by atoms with Gasteiger partial charge >= 0.3 is 5.97 Å². The highest BCUT2D eigenvalue weighted by Crippen LogP contribution is 2.23. The number of aromatic carboxylic acids is 1. The fourth-order valence-corrected chi connectivity index (χ4v) is 1.12. The molecule has 1 N–H and O–H groups in total. The van der Waals surface area contributed by atoms with Crippen molar-refractivity contribution in [3.63, 3.8) is 0 Å². The van der Waals surface area contributed by atoms with Crippen molar-refractivity contribution in [3.8, 4) is 0 Å². The Morgan fingerprint density at radius 2 is 2.14 bits per heavy atom. The quantitative estimate of drug-likeness (QED) is 0.760. The van der Waals surface area contributed by atoms with E-state index in [0.29, 0.717) is 0 Å². The molecule has 0 radical (unpaired) electrons. The number of aromatic nitrogens is 1. The maximum atomic E-state index is 13.1. The highest BCUT2D eigenvalue weighted by atomic mass is 19.2. The van der Waals surface area contributed by atoms with Crippen LogP contribution >= 0.6 is 0 Å². The lowest BCUT2D eigenvalue weighted by molar-refractivity contribution is 0.0687. The zero-order valence-electron chi connectivity index (χ0n) is 6.62. The van der Waals surface area contributed by atoms with E-state index in [9.17, 15) is 13.6 Å². The van der Waals surface area contributed by atoms with Gasteiger partial charge in [0.1, 0.15) is 0 Å². The number of carbonyl (C=O) groups is 1. The zero-order valence-corrected chi connectivity index (χ0v) is 6.62. The van der Waals surface area contributed by atoms with Crippen molar-refractivity contribution >= 4 is 16.9 Å². The number of carboxylic acid groups (broad SMARTS) is 1. The van der Waals surface area contributed by atoms with Crippen LogP contribution < -0.4 is 0 Å². The van der Waals surface area contributed by atoms with Crippen LogP contribution in [0, 0.1) is 11.6 Å². The highest BCUT2D eigenvalue weighted by Gasteiger charge is 2.20. The van der Waals surface area contributed by atoms with Crippen LogP contribution in [0.5, 0.6) is 0 Å². The van der Waals surface area contributed by atoms with E-state index in [-0.39, 0.29) is 5.58 Å². The number of hydrogen-bond acceptors (Lipinski definition) is 3. The molecule has 0 atom stereocenters. The van der Waals surface area contributed by atoms with Crippen LogP contribution in [0.1, 0.15) is 10.5 Å². The SMILES string of the molecule is O=C(O)c1noc2ccc(F)c(F)c12. The highest BCUT2D eigenvalue weighted by molar-refractivity contribution is 6.00. The van der Waals surface area contributed by atoms with Crippen molar-refractivity contribution in [3.05, 3.63) is 29.5 Å². The molecule has 0 bridgehead atoms.